The summed E-state index contributed by atoms with van der Waals surface area (Å²) in [6, 6.07) is 7.28. The average Bonchev–Trinajstić information content (AvgIpc) is 2.99. The van der Waals surface area contributed by atoms with Crippen molar-refractivity contribution in [1.82, 2.24) is 25.0 Å². The standard InChI is InChI=1S/C14H13N5O3/c1-8-14(21)19(10-6-4-3-5-9(10)16-8)7-11-17-12(18-22-11)13(20)15-2/h3-6H,7H2,1-2H3,(H,15,20). The molecule has 0 saturated heterocycles. The van der Waals surface area contributed by atoms with Crippen LogP contribution in [0, 0.1) is 6.92 Å². The molecule has 0 fully saturated rings. The van der Waals surface area contributed by atoms with Gasteiger partial charge in [-0.15, -0.1) is 0 Å². The molecule has 1 amide bonds. The second kappa shape index (κ2) is 5.40. The highest BCUT2D eigenvalue weighted by molar-refractivity contribution is 5.89. The van der Waals surface area contributed by atoms with E-state index in [1.807, 2.05) is 18.2 Å². The van der Waals surface area contributed by atoms with Crippen LogP contribution in [0.15, 0.2) is 33.6 Å². The van der Waals surface area contributed by atoms with E-state index in [9.17, 15) is 9.59 Å². The van der Waals surface area contributed by atoms with Gasteiger partial charge in [-0.05, 0) is 19.1 Å². The summed E-state index contributed by atoms with van der Waals surface area (Å²) in [7, 11) is 1.47. The molecule has 0 radical (unpaired) electrons. The fraction of sp³-hybridized carbons (Fsp3) is 0.214. The van der Waals surface area contributed by atoms with E-state index in [1.54, 1.807) is 13.0 Å². The number of aryl methyl sites for hydroxylation is 1. The molecule has 1 N–H and O–H groups in total. The highest BCUT2D eigenvalue weighted by atomic mass is 16.5. The molecule has 2 aromatic heterocycles. The van der Waals surface area contributed by atoms with Gasteiger partial charge in [-0.25, -0.2) is 4.98 Å². The van der Waals surface area contributed by atoms with Crippen molar-refractivity contribution in [3.63, 3.8) is 0 Å². The number of rotatable bonds is 3. The molecule has 0 aliphatic carbocycles. The summed E-state index contributed by atoms with van der Waals surface area (Å²) in [5.74, 6) is -0.338. The van der Waals surface area contributed by atoms with Crippen LogP contribution < -0.4 is 10.9 Å². The number of fused-ring (bicyclic) bond motifs is 1. The lowest BCUT2D eigenvalue weighted by Crippen LogP contribution is -2.25. The van der Waals surface area contributed by atoms with Crippen molar-refractivity contribution in [3.8, 4) is 0 Å². The van der Waals surface area contributed by atoms with Crippen LogP contribution in [0.25, 0.3) is 11.0 Å². The fourth-order valence-corrected chi connectivity index (χ4v) is 2.14. The Bertz CT molecular complexity index is 912. The number of carbonyl (C=O) groups is 1. The number of amides is 1. The van der Waals surface area contributed by atoms with Gasteiger partial charge < -0.3 is 9.84 Å². The number of hydrogen-bond acceptors (Lipinski definition) is 6. The highest BCUT2D eigenvalue weighted by Gasteiger charge is 2.15. The maximum Gasteiger partial charge on any atom is 0.292 e. The normalized spacial score (nSPS) is 10.8. The summed E-state index contributed by atoms with van der Waals surface area (Å²) < 4.78 is 6.53. The summed E-state index contributed by atoms with van der Waals surface area (Å²) in [6.07, 6.45) is 0. The molecule has 3 aromatic rings. The predicted molar refractivity (Wildman–Crippen MR) is 77.5 cm³/mol. The molecule has 0 atom stereocenters. The number of para-hydroxylation sites is 2. The van der Waals surface area contributed by atoms with E-state index in [-0.39, 0.29) is 23.8 Å². The fourth-order valence-electron chi connectivity index (χ4n) is 2.14. The van der Waals surface area contributed by atoms with Crippen molar-refractivity contribution in [2.45, 2.75) is 13.5 Å². The summed E-state index contributed by atoms with van der Waals surface area (Å²) >= 11 is 0. The molecule has 8 nitrogen and oxygen atoms in total. The molecule has 0 aliphatic rings. The quantitative estimate of drug-likeness (QED) is 0.755. The van der Waals surface area contributed by atoms with Crippen LogP contribution >= 0.6 is 0 Å². The minimum atomic E-state index is -0.446. The third-order valence-corrected chi connectivity index (χ3v) is 3.21. The molecule has 1 aromatic carbocycles. The Kier molecular flexibility index (Phi) is 3.42. The molecule has 22 heavy (non-hydrogen) atoms. The van der Waals surface area contributed by atoms with Gasteiger partial charge >= 0.3 is 0 Å². The molecule has 112 valence electrons. The zero-order valence-corrected chi connectivity index (χ0v) is 12.0. The van der Waals surface area contributed by atoms with E-state index in [1.165, 1.54) is 11.6 Å². The lowest BCUT2D eigenvalue weighted by molar-refractivity contribution is 0.0950. The first kappa shape index (κ1) is 13.9. The third kappa shape index (κ3) is 2.34. The van der Waals surface area contributed by atoms with Gasteiger partial charge in [0.05, 0.1) is 11.0 Å². The Labute approximate surface area is 124 Å². The van der Waals surface area contributed by atoms with Gasteiger partial charge in [0.1, 0.15) is 12.2 Å². The first-order chi connectivity index (χ1) is 10.6. The van der Waals surface area contributed by atoms with Gasteiger partial charge in [0.15, 0.2) is 0 Å². The molecular formula is C14H13N5O3. The van der Waals surface area contributed by atoms with E-state index < -0.39 is 5.91 Å². The van der Waals surface area contributed by atoms with Gasteiger partial charge in [0.25, 0.3) is 17.3 Å². The number of carbonyl (C=O) groups excluding carboxylic acids is 1. The molecule has 2 heterocycles. The van der Waals surface area contributed by atoms with E-state index in [4.69, 9.17) is 4.52 Å². The zero-order valence-electron chi connectivity index (χ0n) is 12.0. The number of aromatic nitrogens is 4. The van der Waals surface area contributed by atoms with E-state index in [2.05, 4.69) is 20.4 Å². The first-order valence-electron chi connectivity index (χ1n) is 6.61. The maximum atomic E-state index is 12.3. The van der Waals surface area contributed by atoms with Crippen LogP contribution in [0.2, 0.25) is 0 Å². The molecule has 8 heteroatoms. The number of nitrogens with zero attached hydrogens (tertiary/aromatic N) is 4. The molecule has 0 aliphatic heterocycles. The van der Waals surface area contributed by atoms with Gasteiger partial charge in [-0.2, -0.15) is 4.98 Å². The Morgan fingerprint density at radius 1 is 1.32 bits per heavy atom. The van der Waals surface area contributed by atoms with E-state index in [0.29, 0.717) is 16.7 Å². The monoisotopic (exact) mass is 299 g/mol. The number of nitrogens with one attached hydrogen (secondary N) is 1. The van der Waals surface area contributed by atoms with Crippen LogP contribution in [0.1, 0.15) is 22.2 Å². The largest absolute Gasteiger partial charge is 0.352 e. The smallest absolute Gasteiger partial charge is 0.292 e. The molecule has 0 saturated carbocycles. The maximum absolute atomic E-state index is 12.3. The topological polar surface area (TPSA) is 103 Å². The first-order valence-corrected chi connectivity index (χ1v) is 6.61. The molecule has 0 bridgehead atoms. The predicted octanol–water partition coefficient (Wildman–Crippen LogP) is 0.496. The van der Waals surface area contributed by atoms with Crippen LogP contribution in [0.3, 0.4) is 0 Å². The van der Waals surface area contributed by atoms with Crippen LogP contribution in [-0.4, -0.2) is 32.6 Å². The third-order valence-electron chi connectivity index (χ3n) is 3.21. The Morgan fingerprint density at radius 2 is 2.09 bits per heavy atom. The SMILES string of the molecule is CNC(=O)c1noc(Cn2c(=O)c(C)nc3ccccc32)n1. The lowest BCUT2D eigenvalue weighted by atomic mass is 10.3. The summed E-state index contributed by atoms with van der Waals surface area (Å²) in [4.78, 5) is 32.0. The summed E-state index contributed by atoms with van der Waals surface area (Å²) in [6.45, 7) is 1.72. The summed E-state index contributed by atoms with van der Waals surface area (Å²) in [5, 5.41) is 5.99. The molecular weight excluding hydrogens is 286 g/mol. The highest BCUT2D eigenvalue weighted by Crippen LogP contribution is 2.11. The Hall–Kier alpha value is -3.03. The summed E-state index contributed by atoms with van der Waals surface area (Å²) in [5.41, 5.74) is 1.51. The number of benzene rings is 1. The Morgan fingerprint density at radius 3 is 2.86 bits per heavy atom. The van der Waals surface area contributed by atoms with E-state index in [0.717, 1.165) is 0 Å². The van der Waals surface area contributed by atoms with E-state index >= 15 is 0 Å². The second-order valence-electron chi connectivity index (χ2n) is 4.67. The van der Waals surface area contributed by atoms with Crippen molar-refractivity contribution >= 4 is 16.9 Å². The van der Waals surface area contributed by atoms with Gasteiger partial charge in [-0.1, -0.05) is 17.3 Å². The van der Waals surface area contributed by atoms with Crippen LogP contribution in [0.5, 0.6) is 0 Å². The average molecular weight is 299 g/mol. The lowest BCUT2D eigenvalue weighted by Gasteiger charge is -2.08. The zero-order chi connectivity index (χ0) is 15.7. The van der Waals surface area contributed by atoms with Crippen molar-refractivity contribution in [2.24, 2.45) is 0 Å². The molecule has 3 rings (SSSR count). The minimum absolute atomic E-state index is 0.0689. The minimum Gasteiger partial charge on any atom is -0.352 e. The van der Waals surface area contributed by atoms with Gasteiger partial charge in [0.2, 0.25) is 5.89 Å². The molecule has 0 unspecified atom stereocenters. The van der Waals surface area contributed by atoms with Crippen molar-refractivity contribution < 1.29 is 9.32 Å². The van der Waals surface area contributed by atoms with Crippen LogP contribution in [-0.2, 0) is 6.54 Å². The van der Waals surface area contributed by atoms with Crippen molar-refractivity contribution in [1.29, 1.82) is 0 Å². The van der Waals surface area contributed by atoms with Gasteiger partial charge in [-0.3, -0.25) is 14.2 Å². The molecule has 0 spiro atoms. The van der Waals surface area contributed by atoms with Crippen molar-refractivity contribution in [3.05, 3.63) is 52.0 Å². The second-order valence-corrected chi connectivity index (χ2v) is 4.67. The number of hydrogen-bond donors (Lipinski definition) is 1. The van der Waals surface area contributed by atoms with Gasteiger partial charge in [0, 0.05) is 7.05 Å². The van der Waals surface area contributed by atoms with Crippen molar-refractivity contribution in [2.75, 3.05) is 7.05 Å². The Balaban J connectivity index is 2.07. The van der Waals surface area contributed by atoms with Crippen LogP contribution in [0.4, 0.5) is 0 Å².